The molecule has 0 aromatic rings. The second kappa shape index (κ2) is 6.82. The Bertz CT molecular complexity index is 265. The Hall–Kier alpha value is -0.195. The Balaban J connectivity index is 2.69. The monoisotopic (exact) mass is 248 g/mol. The van der Waals surface area contributed by atoms with Crippen molar-refractivity contribution in [1.29, 1.82) is 0 Å². The van der Waals surface area contributed by atoms with Gasteiger partial charge in [0.1, 0.15) is 6.71 Å². The van der Waals surface area contributed by atoms with Gasteiger partial charge in [-0.3, -0.25) is 0 Å². The molecule has 0 aromatic heterocycles. The first-order chi connectivity index (χ1) is 8.51. The van der Waals surface area contributed by atoms with Crippen molar-refractivity contribution in [2.24, 2.45) is 11.3 Å². The van der Waals surface area contributed by atoms with Crippen LogP contribution in [0.3, 0.4) is 0 Å². The predicted molar refractivity (Wildman–Crippen MR) is 85.6 cm³/mol. The van der Waals surface area contributed by atoms with Gasteiger partial charge >= 0.3 is 0 Å². The highest BCUT2D eigenvalue weighted by Gasteiger charge is 2.57. The van der Waals surface area contributed by atoms with Gasteiger partial charge in [-0.15, -0.1) is 0 Å². The van der Waals surface area contributed by atoms with E-state index in [1.807, 2.05) is 0 Å². The topological polar surface area (TPSA) is 0 Å². The molecule has 1 rings (SSSR count). The second-order valence-corrected chi connectivity index (χ2v) is 6.84. The molecule has 0 aromatic carbocycles. The van der Waals surface area contributed by atoms with E-state index in [4.69, 9.17) is 0 Å². The van der Waals surface area contributed by atoms with Crippen LogP contribution >= 0.6 is 0 Å². The van der Waals surface area contributed by atoms with E-state index in [0.717, 1.165) is 18.4 Å². The molecule has 1 aliphatic rings. The summed E-state index contributed by atoms with van der Waals surface area (Å²) in [6, 6.07) is 0. The van der Waals surface area contributed by atoms with Gasteiger partial charge in [-0.1, -0.05) is 84.0 Å². The van der Waals surface area contributed by atoms with E-state index in [1.54, 1.807) is 0 Å². The number of allylic oxidation sites excluding steroid dienone is 1. The average Bonchev–Trinajstić information content (AvgIpc) is 2.98. The lowest BCUT2D eigenvalue weighted by Crippen LogP contribution is -2.21. The fourth-order valence-corrected chi connectivity index (χ4v) is 4.24. The molecule has 18 heavy (non-hydrogen) atoms. The van der Waals surface area contributed by atoms with Crippen molar-refractivity contribution >= 4 is 6.71 Å². The van der Waals surface area contributed by atoms with Crippen LogP contribution in [0, 0.1) is 11.3 Å². The van der Waals surface area contributed by atoms with Crippen LogP contribution < -0.4 is 0 Å². The maximum Gasteiger partial charge on any atom is 0.143 e. The first-order valence-corrected chi connectivity index (χ1v) is 8.16. The molecule has 0 spiro atoms. The lowest BCUT2D eigenvalue weighted by atomic mass is 9.38. The molecule has 1 unspecified atom stereocenters. The summed E-state index contributed by atoms with van der Waals surface area (Å²) in [5.41, 5.74) is 2.00. The minimum Gasteiger partial charge on any atom is -0.0998 e. The van der Waals surface area contributed by atoms with Crippen LogP contribution in [-0.4, -0.2) is 6.71 Å². The molecule has 104 valence electrons. The fourth-order valence-electron chi connectivity index (χ4n) is 4.24. The van der Waals surface area contributed by atoms with Crippen LogP contribution in [0.25, 0.3) is 0 Å². The van der Waals surface area contributed by atoms with Crippen LogP contribution in [0.2, 0.25) is 18.5 Å². The third-order valence-electron chi connectivity index (χ3n) is 5.20. The van der Waals surface area contributed by atoms with Gasteiger partial charge in [0, 0.05) is 0 Å². The van der Waals surface area contributed by atoms with Crippen LogP contribution in [0.15, 0.2) is 12.2 Å². The Labute approximate surface area is 116 Å². The van der Waals surface area contributed by atoms with E-state index in [2.05, 4.69) is 41.2 Å². The van der Waals surface area contributed by atoms with Gasteiger partial charge in [-0.25, -0.2) is 0 Å². The van der Waals surface area contributed by atoms with E-state index >= 15 is 0 Å². The standard InChI is InChI=1S/C17H33B/c1-7-10-15(14(4)5)17(6)13-16(17)18(11-8-2)12-9-3/h15-16H,4,7-13H2,1-3,5-6H3/t15?,16-,17-/m0/s1. The van der Waals surface area contributed by atoms with Crippen LogP contribution in [0.4, 0.5) is 0 Å². The van der Waals surface area contributed by atoms with Gasteiger partial charge in [-0.2, -0.15) is 0 Å². The van der Waals surface area contributed by atoms with Gasteiger partial charge in [-0.05, 0) is 24.7 Å². The van der Waals surface area contributed by atoms with Gasteiger partial charge < -0.3 is 0 Å². The maximum atomic E-state index is 4.27. The third-order valence-corrected chi connectivity index (χ3v) is 5.20. The minimum absolute atomic E-state index is 0.580. The molecule has 0 aliphatic heterocycles. The van der Waals surface area contributed by atoms with E-state index in [-0.39, 0.29) is 0 Å². The predicted octanol–water partition coefficient (Wildman–Crippen LogP) is 6.07. The minimum atomic E-state index is 0.580. The zero-order valence-electron chi connectivity index (χ0n) is 13.4. The summed E-state index contributed by atoms with van der Waals surface area (Å²) in [4.78, 5) is 0. The second-order valence-electron chi connectivity index (χ2n) is 6.84. The molecule has 0 nitrogen and oxygen atoms in total. The van der Waals surface area contributed by atoms with E-state index in [1.165, 1.54) is 50.3 Å². The highest BCUT2D eigenvalue weighted by Crippen LogP contribution is 2.67. The van der Waals surface area contributed by atoms with Gasteiger partial charge in [0.25, 0.3) is 0 Å². The summed E-state index contributed by atoms with van der Waals surface area (Å²) < 4.78 is 0. The van der Waals surface area contributed by atoms with Crippen LogP contribution in [0.5, 0.6) is 0 Å². The van der Waals surface area contributed by atoms with Crippen molar-refractivity contribution < 1.29 is 0 Å². The fraction of sp³-hybridized carbons (Fsp3) is 0.882. The summed E-state index contributed by atoms with van der Waals surface area (Å²) in [5, 5.41) is 0. The number of rotatable bonds is 9. The quantitative estimate of drug-likeness (QED) is 0.343. The molecule has 0 heterocycles. The molecular weight excluding hydrogens is 215 g/mol. The first-order valence-electron chi connectivity index (χ1n) is 8.16. The van der Waals surface area contributed by atoms with E-state index < -0.39 is 0 Å². The molecule has 0 bridgehead atoms. The third kappa shape index (κ3) is 3.42. The Morgan fingerprint density at radius 2 is 1.78 bits per heavy atom. The largest absolute Gasteiger partial charge is 0.143 e. The summed E-state index contributed by atoms with van der Waals surface area (Å²) in [5.74, 6) is 1.74. The summed E-state index contributed by atoms with van der Waals surface area (Å²) >= 11 is 0. The van der Waals surface area contributed by atoms with Crippen molar-refractivity contribution in [2.75, 3.05) is 0 Å². The zero-order valence-corrected chi connectivity index (χ0v) is 13.4. The smallest absolute Gasteiger partial charge is 0.0998 e. The Morgan fingerprint density at radius 3 is 2.17 bits per heavy atom. The lowest BCUT2D eigenvalue weighted by Gasteiger charge is -2.27. The van der Waals surface area contributed by atoms with Crippen LogP contribution in [-0.2, 0) is 0 Å². The molecule has 0 N–H and O–H groups in total. The Morgan fingerprint density at radius 1 is 1.22 bits per heavy atom. The highest BCUT2D eigenvalue weighted by molar-refractivity contribution is 6.61. The van der Waals surface area contributed by atoms with Crippen molar-refractivity contribution in [3.63, 3.8) is 0 Å². The zero-order chi connectivity index (χ0) is 13.8. The van der Waals surface area contributed by atoms with Crippen molar-refractivity contribution in [3.8, 4) is 0 Å². The molecule has 0 saturated heterocycles. The van der Waals surface area contributed by atoms with Crippen molar-refractivity contribution in [2.45, 2.75) is 85.2 Å². The normalized spacial score (nSPS) is 27.9. The van der Waals surface area contributed by atoms with Crippen molar-refractivity contribution in [1.82, 2.24) is 0 Å². The molecule has 1 heteroatoms. The molecule has 1 fully saturated rings. The van der Waals surface area contributed by atoms with Crippen LogP contribution in [0.1, 0.15) is 66.7 Å². The number of hydrogen-bond acceptors (Lipinski definition) is 0. The molecule has 1 saturated carbocycles. The molecule has 0 amide bonds. The van der Waals surface area contributed by atoms with E-state index in [0.29, 0.717) is 5.41 Å². The lowest BCUT2D eigenvalue weighted by molar-refractivity contribution is 0.360. The Kier molecular flexibility index (Phi) is 6.01. The summed E-state index contributed by atoms with van der Waals surface area (Å²) in [6.45, 7) is 17.0. The van der Waals surface area contributed by atoms with Crippen molar-refractivity contribution in [3.05, 3.63) is 12.2 Å². The average molecular weight is 248 g/mol. The molecular formula is C17H33B. The van der Waals surface area contributed by atoms with Gasteiger partial charge in [0.2, 0.25) is 0 Å². The van der Waals surface area contributed by atoms with Gasteiger partial charge in [0.15, 0.2) is 0 Å². The molecule has 0 radical (unpaired) electrons. The first kappa shape index (κ1) is 15.9. The molecule has 1 aliphatic carbocycles. The highest BCUT2D eigenvalue weighted by atomic mass is 14.6. The molecule has 3 atom stereocenters. The maximum absolute atomic E-state index is 4.27. The van der Waals surface area contributed by atoms with Gasteiger partial charge in [0.05, 0.1) is 0 Å². The summed E-state index contributed by atoms with van der Waals surface area (Å²) in [6.07, 6.45) is 9.66. The summed E-state index contributed by atoms with van der Waals surface area (Å²) in [7, 11) is 0. The number of hydrogen-bond donors (Lipinski definition) is 0. The van der Waals surface area contributed by atoms with E-state index in [9.17, 15) is 0 Å². The SMILES string of the molecule is C=C(C)C(CCC)[C@]1(C)C[C@@H]1B(CCC)CCC.